The summed E-state index contributed by atoms with van der Waals surface area (Å²) >= 11 is 0. The van der Waals surface area contributed by atoms with Crippen molar-refractivity contribution < 1.29 is 33.0 Å². The first-order chi connectivity index (χ1) is 9.74. The standard InChI is InChI=1S/C12H13F3N2O4/c13-12(14,15)7-1-3-8(4-2-7)16-11(21)17-9(5-6-18)10(19)20/h1-4,9,18H,5-6H2,(H,19,20)(H2,16,17,21)/t9-/m0/s1. The fraction of sp³-hybridized carbons (Fsp3) is 0.333. The number of benzene rings is 1. The maximum Gasteiger partial charge on any atom is 0.416 e. The van der Waals surface area contributed by atoms with E-state index in [9.17, 15) is 22.8 Å². The van der Waals surface area contributed by atoms with Gasteiger partial charge in [0.25, 0.3) is 0 Å². The van der Waals surface area contributed by atoms with Crippen molar-refractivity contribution in [1.29, 1.82) is 0 Å². The van der Waals surface area contributed by atoms with E-state index < -0.39 is 36.4 Å². The van der Waals surface area contributed by atoms with Crippen LogP contribution in [0.3, 0.4) is 0 Å². The number of hydrogen-bond acceptors (Lipinski definition) is 3. The second kappa shape index (κ2) is 6.93. The minimum Gasteiger partial charge on any atom is -0.480 e. The number of halogens is 3. The third-order valence-corrected chi connectivity index (χ3v) is 2.49. The van der Waals surface area contributed by atoms with E-state index in [4.69, 9.17) is 10.2 Å². The molecule has 0 saturated heterocycles. The van der Waals surface area contributed by atoms with Gasteiger partial charge in [-0.2, -0.15) is 13.2 Å². The second-order valence-electron chi connectivity index (χ2n) is 4.08. The number of carboxylic acids is 1. The van der Waals surface area contributed by atoms with Gasteiger partial charge in [-0.1, -0.05) is 0 Å². The zero-order valence-corrected chi connectivity index (χ0v) is 10.6. The van der Waals surface area contributed by atoms with Crippen LogP contribution in [0, 0.1) is 0 Å². The highest BCUT2D eigenvalue weighted by Crippen LogP contribution is 2.29. The smallest absolute Gasteiger partial charge is 0.416 e. The minimum atomic E-state index is -4.48. The number of nitrogens with one attached hydrogen (secondary N) is 2. The Balaban J connectivity index is 2.64. The highest BCUT2D eigenvalue weighted by Gasteiger charge is 2.30. The number of aliphatic carboxylic acids is 1. The van der Waals surface area contributed by atoms with E-state index in [2.05, 4.69) is 10.6 Å². The molecule has 1 aromatic rings. The molecule has 0 aliphatic carbocycles. The van der Waals surface area contributed by atoms with Gasteiger partial charge in [0.1, 0.15) is 6.04 Å². The summed E-state index contributed by atoms with van der Waals surface area (Å²) in [5.41, 5.74) is -0.786. The molecule has 0 aliphatic heterocycles. The van der Waals surface area contributed by atoms with Crippen LogP contribution in [0.15, 0.2) is 24.3 Å². The molecule has 0 unspecified atom stereocenters. The van der Waals surface area contributed by atoms with E-state index in [1.165, 1.54) is 0 Å². The van der Waals surface area contributed by atoms with Gasteiger partial charge in [0.15, 0.2) is 0 Å². The van der Waals surface area contributed by atoms with E-state index in [-0.39, 0.29) is 12.1 Å². The lowest BCUT2D eigenvalue weighted by atomic mass is 10.2. The Kier molecular flexibility index (Phi) is 5.53. The van der Waals surface area contributed by atoms with E-state index in [0.717, 1.165) is 24.3 Å². The lowest BCUT2D eigenvalue weighted by Gasteiger charge is -2.14. The summed E-state index contributed by atoms with van der Waals surface area (Å²) in [4.78, 5) is 22.2. The van der Waals surface area contributed by atoms with Gasteiger partial charge < -0.3 is 20.8 Å². The van der Waals surface area contributed by atoms with Crippen molar-refractivity contribution in [1.82, 2.24) is 5.32 Å². The van der Waals surface area contributed by atoms with Crippen LogP contribution in [-0.2, 0) is 11.0 Å². The first-order valence-corrected chi connectivity index (χ1v) is 5.82. The van der Waals surface area contributed by atoms with Crippen molar-refractivity contribution in [3.8, 4) is 0 Å². The van der Waals surface area contributed by atoms with Gasteiger partial charge in [0.2, 0.25) is 0 Å². The van der Waals surface area contributed by atoms with Gasteiger partial charge in [-0.3, -0.25) is 0 Å². The summed E-state index contributed by atoms with van der Waals surface area (Å²) in [7, 11) is 0. The molecule has 0 fully saturated rings. The first-order valence-electron chi connectivity index (χ1n) is 5.82. The summed E-state index contributed by atoms with van der Waals surface area (Å²) in [6, 6.07) is 1.49. The number of carboxylic acid groups (broad SMARTS) is 1. The maximum atomic E-state index is 12.3. The summed E-state index contributed by atoms with van der Waals surface area (Å²) in [6.45, 7) is -0.433. The number of carbonyl (C=O) groups excluding carboxylic acids is 1. The second-order valence-corrected chi connectivity index (χ2v) is 4.08. The Morgan fingerprint density at radius 3 is 2.19 bits per heavy atom. The summed E-state index contributed by atoms with van der Waals surface area (Å²) < 4.78 is 37.0. The number of aliphatic hydroxyl groups excluding tert-OH is 1. The van der Waals surface area contributed by atoms with Crippen molar-refractivity contribution >= 4 is 17.7 Å². The Morgan fingerprint density at radius 1 is 1.19 bits per heavy atom. The number of urea groups is 1. The molecule has 0 aliphatic rings. The average molecular weight is 306 g/mol. The van der Waals surface area contributed by atoms with Crippen LogP contribution in [0.1, 0.15) is 12.0 Å². The molecule has 21 heavy (non-hydrogen) atoms. The van der Waals surface area contributed by atoms with E-state index in [1.54, 1.807) is 0 Å². The molecule has 6 nitrogen and oxygen atoms in total. The number of anilines is 1. The van der Waals surface area contributed by atoms with Crippen molar-refractivity contribution in [3.05, 3.63) is 29.8 Å². The molecule has 0 saturated carbocycles. The predicted molar refractivity (Wildman–Crippen MR) is 66.7 cm³/mol. The van der Waals surface area contributed by atoms with E-state index in [1.807, 2.05) is 0 Å². The van der Waals surface area contributed by atoms with Gasteiger partial charge in [0.05, 0.1) is 5.56 Å². The van der Waals surface area contributed by atoms with E-state index in [0.29, 0.717) is 0 Å². The molecule has 9 heteroatoms. The number of rotatable bonds is 5. The van der Waals surface area contributed by atoms with Crippen LogP contribution in [-0.4, -0.2) is 34.9 Å². The number of aliphatic hydroxyl groups is 1. The van der Waals surface area contributed by atoms with Crippen molar-refractivity contribution in [3.63, 3.8) is 0 Å². The largest absolute Gasteiger partial charge is 0.480 e. The fourth-order valence-corrected chi connectivity index (χ4v) is 1.45. The summed E-state index contributed by atoms with van der Waals surface area (Å²) in [6.07, 6.45) is -4.66. The number of carbonyl (C=O) groups is 2. The van der Waals surface area contributed by atoms with Crippen molar-refractivity contribution in [2.45, 2.75) is 18.6 Å². The quantitative estimate of drug-likeness (QED) is 0.665. The molecule has 0 aromatic heterocycles. The molecule has 4 N–H and O–H groups in total. The molecule has 1 rings (SSSR count). The highest BCUT2D eigenvalue weighted by molar-refractivity contribution is 5.92. The van der Waals surface area contributed by atoms with Crippen LogP contribution in [0.25, 0.3) is 0 Å². The van der Waals surface area contributed by atoms with Crippen LogP contribution in [0.4, 0.5) is 23.7 Å². The molecule has 0 bridgehead atoms. The maximum absolute atomic E-state index is 12.3. The van der Waals surface area contributed by atoms with Gasteiger partial charge in [0, 0.05) is 18.7 Å². The van der Waals surface area contributed by atoms with Crippen molar-refractivity contribution in [2.24, 2.45) is 0 Å². The Hall–Kier alpha value is -2.29. The van der Waals surface area contributed by atoms with Gasteiger partial charge >= 0.3 is 18.2 Å². The monoisotopic (exact) mass is 306 g/mol. The van der Waals surface area contributed by atoms with Crippen LogP contribution in [0.5, 0.6) is 0 Å². The molecule has 0 heterocycles. The van der Waals surface area contributed by atoms with Gasteiger partial charge in [-0.25, -0.2) is 9.59 Å². The Bertz CT molecular complexity index is 502. The van der Waals surface area contributed by atoms with Crippen LogP contribution < -0.4 is 10.6 Å². The Labute approximate surface area is 117 Å². The number of alkyl halides is 3. The van der Waals surface area contributed by atoms with E-state index >= 15 is 0 Å². The molecular weight excluding hydrogens is 293 g/mol. The molecule has 1 aromatic carbocycles. The lowest BCUT2D eigenvalue weighted by Crippen LogP contribution is -2.43. The van der Waals surface area contributed by atoms with Crippen LogP contribution >= 0.6 is 0 Å². The molecule has 1 atom stereocenters. The SMILES string of the molecule is O=C(Nc1ccc(C(F)(F)F)cc1)N[C@@H](CCO)C(=O)O. The first kappa shape index (κ1) is 16.8. The normalized spacial score (nSPS) is 12.6. The third-order valence-electron chi connectivity index (χ3n) is 2.49. The topological polar surface area (TPSA) is 98.7 Å². The zero-order valence-electron chi connectivity index (χ0n) is 10.6. The number of hydrogen-bond donors (Lipinski definition) is 4. The fourth-order valence-electron chi connectivity index (χ4n) is 1.45. The molecule has 0 spiro atoms. The lowest BCUT2D eigenvalue weighted by molar-refractivity contribution is -0.139. The minimum absolute atomic E-state index is 0.0774. The van der Waals surface area contributed by atoms with Gasteiger partial charge in [-0.15, -0.1) is 0 Å². The average Bonchev–Trinajstić information content (AvgIpc) is 2.37. The zero-order chi connectivity index (χ0) is 16.0. The Morgan fingerprint density at radius 2 is 1.76 bits per heavy atom. The van der Waals surface area contributed by atoms with Crippen molar-refractivity contribution in [2.75, 3.05) is 11.9 Å². The van der Waals surface area contributed by atoms with Gasteiger partial charge in [-0.05, 0) is 24.3 Å². The summed E-state index contributed by atoms with van der Waals surface area (Å²) in [5, 5.41) is 21.7. The molecule has 0 radical (unpaired) electrons. The van der Waals surface area contributed by atoms with Crippen LogP contribution in [0.2, 0.25) is 0 Å². The number of amides is 2. The highest BCUT2D eigenvalue weighted by atomic mass is 19.4. The summed E-state index contributed by atoms with van der Waals surface area (Å²) in [5.74, 6) is -1.33. The third kappa shape index (κ3) is 5.30. The molecule has 2 amide bonds. The molecule has 116 valence electrons. The predicted octanol–water partition coefficient (Wildman–Crippen LogP) is 1.66. The molecular formula is C12H13F3N2O4.